The number of anilines is 2. The molecule has 4 aromatic rings. The average Bonchev–Trinajstić information content (AvgIpc) is 3.47. The number of nitrogens with zero attached hydrogens (tertiary/aromatic N) is 1. The summed E-state index contributed by atoms with van der Waals surface area (Å²) in [6, 6.07) is 21.6. The summed E-state index contributed by atoms with van der Waals surface area (Å²) in [5, 5.41) is 9.70. The third-order valence-electron chi connectivity index (χ3n) is 6.23. The van der Waals surface area contributed by atoms with Gasteiger partial charge in [-0.1, -0.05) is 83.9 Å². The number of carbonyl (C=O) groups excluding carboxylic acids is 2. The molecule has 6 N–H and O–H groups in total. The van der Waals surface area contributed by atoms with Crippen LogP contribution in [0.2, 0.25) is 10.0 Å². The SMILES string of the molecule is Nc1c(Cl)cc(CNC(=O)C(CCCNc2ncc[nH]2)NC(=O)C(c2ccccc2)c2ccccc2)cc1Cl. The first-order valence-electron chi connectivity index (χ1n) is 12.6. The number of hydrogen-bond donors (Lipinski definition) is 5. The Balaban J connectivity index is 1.49. The second kappa shape index (κ2) is 13.7. The third-order valence-corrected chi connectivity index (χ3v) is 6.85. The van der Waals surface area contributed by atoms with E-state index in [2.05, 4.69) is 25.9 Å². The van der Waals surface area contributed by atoms with E-state index in [1.807, 2.05) is 60.7 Å². The number of aromatic amines is 1. The van der Waals surface area contributed by atoms with Crippen molar-refractivity contribution < 1.29 is 9.59 Å². The Bertz CT molecular complexity index is 1300. The number of nitrogen functional groups attached to an aromatic ring is 1. The molecule has 0 bridgehead atoms. The standard InChI is InChI=1S/C29H30Cl2N6O2/c30-22-16-19(17-23(31)26(22)32)18-36-27(38)24(12-7-13-33-29-34-14-15-35-29)37-28(39)25(20-8-3-1-4-9-20)21-10-5-2-6-11-21/h1-6,8-11,14-17,24-25H,7,12-13,18,32H2,(H,36,38)(H,37,39)(H2,33,34,35). The molecule has 39 heavy (non-hydrogen) atoms. The summed E-state index contributed by atoms with van der Waals surface area (Å²) in [6.45, 7) is 0.744. The number of nitrogens with one attached hydrogen (secondary N) is 4. The lowest BCUT2D eigenvalue weighted by Crippen LogP contribution is -2.48. The van der Waals surface area contributed by atoms with Gasteiger partial charge in [0.1, 0.15) is 6.04 Å². The number of benzene rings is 3. The normalized spacial score (nSPS) is 11.7. The molecule has 0 aliphatic rings. The van der Waals surface area contributed by atoms with Gasteiger partial charge in [-0.05, 0) is 41.7 Å². The highest BCUT2D eigenvalue weighted by Gasteiger charge is 2.27. The van der Waals surface area contributed by atoms with E-state index in [4.69, 9.17) is 28.9 Å². The van der Waals surface area contributed by atoms with Crippen molar-refractivity contribution in [3.05, 3.63) is 112 Å². The van der Waals surface area contributed by atoms with Crippen LogP contribution >= 0.6 is 23.2 Å². The van der Waals surface area contributed by atoms with Gasteiger partial charge in [-0.3, -0.25) is 9.59 Å². The zero-order valence-electron chi connectivity index (χ0n) is 21.2. The van der Waals surface area contributed by atoms with Gasteiger partial charge in [-0.15, -0.1) is 0 Å². The fourth-order valence-corrected chi connectivity index (χ4v) is 4.77. The van der Waals surface area contributed by atoms with Crippen molar-refractivity contribution in [3.63, 3.8) is 0 Å². The largest absolute Gasteiger partial charge is 0.396 e. The first kappa shape index (κ1) is 28.0. The number of nitrogens with two attached hydrogens (primary N) is 1. The van der Waals surface area contributed by atoms with Gasteiger partial charge >= 0.3 is 0 Å². The molecule has 0 saturated carbocycles. The maximum atomic E-state index is 13.7. The lowest BCUT2D eigenvalue weighted by atomic mass is 9.90. The van der Waals surface area contributed by atoms with Crippen LogP contribution in [-0.4, -0.2) is 34.4 Å². The van der Waals surface area contributed by atoms with Crippen LogP contribution in [0.5, 0.6) is 0 Å². The van der Waals surface area contributed by atoms with Crippen molar-refractivity contribution in [3.8, 4) is 0 Å². The summed E-state index contributed by atoms with van der Waals surface area (Å²) in [7, 11) is 0. The van der Waals surface area contributed by atoms with Crippen molar-refractivity contribution in [2.75, 3.05) is 17.6 Å². The van der Waals surface area contributed by atoms with Gasteiger partial charge in [0.15, 0.2) is 5.95 Å². The van der Waals surface area contributed by atoms with Crippen LogP contribution in [0, 0.1) is 0 Å². The van der Waals surface area contributed by atoms with Crippen LogP contribution < -0.4 is 21.7 Å². The number of carbonyl (C=O) groups is 2. The van der Waals surface area contributed by atoms with Crippen molar-refractivity contribution in [2.45, 2.75) is 31.3 Å². The van der Waals surface area contributed by atoms with Crippen LogP contribution in [0.4, 0.5) is 11.6 Å². The highest BCUT2D eigenvalue weighted by atomic mass is 35.5. The molecule has 2 amide bonds. The van der Waals surface area contributed by atoms with E-state index in [9.17, 15) is 9.59 Å². The second-order valence-electron chi connectivity index (χ2n) is 9.01. The monoisotopic (exact) mass is 564 g/mol. The van der Waals surface area contributed by atoms with Crippen molar-refractivity contribution in [1.82, 2.24) is 20.6 Å². The van der Waals surface area contributed by atoms with E-state index in [1.54, 1.807) is 24.5 Å². The van der Waals surface area contributed by atoms with Gasteiger partial charge in [0.2, 0.25) is 11.8 Å². The molecule has 0 aliphatic carbocycles. The Morgan fingerprint density at radius 3 is 2.10 bits per heavy atom. The van der Waals surface area contributed by atoms with E-state index in [0.717, 1.165) is 11.1 Å². The summed E-state index contributed by atoms with van der Waals surface area (Å²) in [4.78, 5) is 34.2. The minimum absolute atomic E-state index is 0.177. The van der Waals surface area contributed by atoms with Gasteiger partial charge in [-0.2, -0.15) is 0 Å². The van der Waals surface area contributed by atoms with Gasteiger partial charge in [0, 0.05) is 25.5 Å². The highest BCUT2D eigenvalue weighted by Crippen LogP contribution is 2.29. The zero-order chi connectivity index (χ0) is 27.6. The maximum absolute atomic E-state index is 13.7. The minimum Gasteiger partial charge on any atom is -0.396 e. The summed E-state index contributed by atoms with van der Waals surface area (Å²) in [6.07, 6.45) is 4.40. The number of H-pyrrole nitrogens is 1. The lowest BCUT2D eigenvalue weighted by molar-refractivity contribution is -0.129. The second-order valence-corrected chi connectivity index (χ2v) is 9.83. The van der Waals surface area contributed by atoms with Crippen molar-refractivity contribution in [2.24, 2.45) is 0 Å². The van der Waals surface area contributed by atoms with E-state index < -0.39 is 12.0 Å². The maximum Gasteiger partial charge on any atom is 0.242 e. The van der Waals surface area contributed by atoms with Crippen LogP contribution in [0.15, 0.2) is 85.2 Å². The van der Waals surface area contributed by atoms with E-state index in [1.165, 1.54) is 0 Å². The Morgan fingerprint density at radius 2 is 1.54 bits per heavy atom. The molecule has 4 rings (SSSR count). The molecule has 1 aromatic heterocycles. The third kappa shape index (κ3) is 7.75. The summed E-state index contributed by atoms with van der Waals surface area (Å²) in [5.41, 5.74) is 8.49. The van der Waals surface area contributed by atoms with Gasteiger partial charge in [-0.25, -0.2) is 4.98 Å². The number of hydrogen-bond acceptors (Lipinski definition) is 5. The van der Waals surface area contributed by atoms with Crippen molar-refractivity contribution in [1.29, 1.82) is 0 Å². The molecule has 1 heterocycles. The summed E-state index contributed by atoms with van der Waals surface area (Å²) >= 11 is 12.3. The number of halogens is 2. The lowest BCUT2D eigenvalue weighted by Gasteiger charge is -2.23. The Hall–Kier alpha value is -4.01. The zero-order valence-corrected chi connectivity index (χ0v) is 22.7. The quantitative estimate of drug-likeness (QED) is 0.120. The molecule has 202 valence electrons. The van der Waals surface area contributed by atoms with E-state index in [-0.39, 0.29) is 24.0 Å². The molecule has 0 spiro atoms. The van der Waals surface area contributed by atoms with Crippen molar-refractivity contribution >= 4 is 46.7 Å². The number of rotatable bonds is 12. The van der Waals surface area contributed by atoms with Gasteiger partial charge < -0.3 is 26.7 Å². The first-order chi connectivity index (χ1) is 18.9. The Labute approximate surface area is 237 Å². The minimum atomic E-state index is -0.773. The number of aromatic nitrogens is 2. The van der Waals surface area contributed by atoms with Crippen LogP contribution in [0.3, 0.4) is 0 Å². The average molecular weight is 566 g/mol. The van der Waals surface area contributed by atoms with Crippen LogP contribution in [0.25, 0.3) is 0 Å². The molecular weight excluding hydrogens is 535 g/mol. The van der Waals surface area contributed by atoms with Crippen LogP contribution in [0.1, 0.15) is 35.4 Å². The molecule has 1 unspecified atom stereocenters. The summed E-state index contributed by atoms with van der Waals surface area (Å²) < 4.78 is 0. The predicted molar refractivity (Wildman–Crippen MR) is 156 cm³/mol. The number of imidazole rings is 1. The molecule has 0 aliphatic heterocycles. The van der Waals surface area contributed by atoms with Gasteiger partial charge in [0.25, 0.3) is 0 Å². The molecule has 0 saturated heterocycles. The molecule has 1 atom stereocenters. The fourth-order valence-electron chi connectivity index (χ4n) is 4.24. The Morgan fingerprint density at radius 1 is 0.923 bits per heavy atom. The molecule has 10 heteroatoms. The molecule has 0 radical (unpaired) electrons. The smallest absolute Gasteiger partial charge is 0.242 e. The topological polar surface area (TPSA) is 125 Å². The van der Waals surface area contributed by atoms with E-state index in [0.29, 0.717) is 40.9 Å². The molecule has 3 aromatic carbocycles. The molecule has 0 fully saturated rings. The molecular formula is C29H30Cl2N6O2. The summed E-state index contributed by atoms with van der Waals surface area (Å²) in [5.74, 6) is -0.501. The highest BCUT2D eigenvalue weighted by molar-refractivity contribution is 6.38. The fraction of sp³-hybridized carbons (Fsp3) is 0.207. The predicted octanol–water partition coefficient (Wildman–Crippen LogP) is 5.12. The van der Waals surface area contributed by atoms with Crippen LogP contribution in [-0.2, 0) is 16.1 Å². The molecule has 8 nitrogen and oxygen atoms in total. The first-order valence-corrected chi connectivity index (χ1v) is 13.3. The number of amides is 2. The van der Waals surface area contributed by atoms with Gasteiger partial charge in [0.05, 0.1) is 21.7 Å². The van der Waals surface area contributed by atoms with E-state index >= 15 is 0 Å². The Kier molecular flexibility index (Phi) is 9.83.